The van der Waals surface area contributed by atoms with E-state index in [2.05, 4.69) is 26.1 Å². The van der Waals surface area contributed by atoms with Gasteiger partial charge in [-0.15, -0.1) is 0 Å². The molecule has 1 aliphatic rings. The second-order valence-electron chi connectivity index (χ2n) is 6.01. The number of rotatable bonds is 5. The highest BCUT2D eigenvalue weighted by atomic mass is 16.2. The maximum Gasteiger partial charge on any atom is 0.246 e. The Morgan fingerprint density at radius 1 is 1.16 bits per heavy atom. The molecule has 0 spiro atoms. The molecule has 4 nitrogen and oxygen atoms in total. The third kappa shape index (κ3) is 3.10. The molecule has 110 valence electrons. The average molecular weight is 268 g/mol. The Balaban J connectivity index is 3.05. The van der Waals surface area contributed by atoms with Crippen molar-refractivity contribution in [1.29, 1.82) is 0 Å². The minimum Gasteiger partial charge on any atom is -0.342 e. The number of amides is 2. The van der Waals surface area contributed by atoms with Crippen molar-refractivity contribution in [3.63, 3.8) is 0 Å². The summed E-state index contributed by atoms with van der Waals surface area (Å²) in [7, 11) is 0. The quantitative estimate of drug-likeness (QED) is 0.831. The van der Waals surface area contributed by atoms with Gasteiger partial charge in [-0.25, -0.2) is 0 Å². The third-order valence-electron chi connectivity index (χ3n) is 4.37. The van der Waals surface area contributed by atoms with Crippen LogP contribution in [-0.2, 0) is 9.59 Å². The van der Waals surface area contributed by atoms with Crippen molar-refractivity contribution in [3.8, 4) is 0 Å². The van der Waals surface area contributed by atoms with Crippen molar-refractivity contribution in [3.05, 3.63) is 0 Å². The number of nitrogens with zero attached hydrogens (tertiary/aromatic N) is 1. The van der Waals surface area contributed by atoms with Crippen LogP contribution < -0.4 is 5.32 Å². The number of carbonyl (C=O) groups is 2. The lowest BCUT2D eigenvalue weighted by molar-refractivity contribution is -0.154. The van der Waals surface area contributed by atoms with Crippen molar-refractivity contribution >= 4 is 11.8 Å². The maximum absolute atomic E-state index is 12.7. The Hall–Kier alpha value is -1.06. The number of hydrogen-bond acceptors (Lipinski definition) is 2. The second kappa shape index (κ2) is 6.40. The molecule has 1 rings (SSSR count). The normalized spacial score (nSPS) is 27.4. The molecule has 1 fully saturated rings. The summed E-state index contributed by atoms with van der Waals surface area (Å²) < 4.78 is 0. The highest BCUT2D eigenvalue weighted by Gasteiger charge is 2.43. The highest BCUT2D eigenvalue weighted by molar-refractivity contribution is 5.97. The van der Waals surface area contributed by atoms with E-state index in [4.69, 9.17) is 0 Å². The van der Waals surface area contributed by atoms with E-state index < -0.39 is 0 Å². The summed E-state index contributed by atoms with van der Waals surface area (Å²) in [6, 6.07) is -0.582. The standard InChI is InChI=1S/C15H28N2O2/c1-7-10(5)13-15(19)17(11(6)14(18)16-13)12(8-2)9(3)4/h9-13H,7-8H2,1-6H3,(H,16,18). The molecular formula is C15H28N2O2. The van der Waals surface area contributed by atoms with E-state index >= 15 is 0 Å². The van der Waals surface area contributed by atoms with Gasteiger partial charge in [-0.05, 0) is 25.2 Å². The van der Waals surface area contributed by atoms with Crippen LogP contribution in [0.5, 0.6) is 0 Å². The fraction of sp³-hybridized carbons (Fsp3) is 0.867. The van der Waals surface area contributed by atoms with E-state index in [1.54, 1.807) is 0 Å². The number of carbonyl (C=O) groups excluding carboxylic acids is 2. The Morgan fingerprint density at radius 2 is 1.74 bits per heavy atom. The lowest BCUT2D eigenvalue weighted by Gasteiger charge is -2.44. The highest BCUT2D eigenvalue weighted by Crippen LogP contribution is 2.24. The molecule has 19 heavy (non-hydrogen) atoms. The summed E-state index contributed by atoms with van der Waals surface area (Å²) in [6.07, 6.45) is 1.77. The molecule has 0 bridgehead atoms. The van der Waals surface area contributed by atoms with Gasteiger partial charge in [0.1, 0.15) is 12.1 Å². The molecule has 0 aliphatic carbocycles. The topological polar surface area (TPSA) is 49.4 Å². The van der Waals surface area contributed by atoms with Gasteiger partial charge >= 0.3 is 0 Å². The number of nitrogens with one attached hydrogen (secondary N) is 1. The van der Waals surface area contributed by atoms with Gasteiger partial charge in [-0.1, -0.05) is 41.0 Å². The summed E-state index contributed by atoms with van der Waals surface area (Å²) in [6.45, 7) is 12.2. The molecule has 1 N–H and O–H groups in total. The number of piperazine rings is 1. The summed E-state index contributed by atoms with van der Waals surface area (Å²) in [5.41, 5.74) is 0. The van der Waals surface area contributed by atoms with Crippen LogP contribution in [0, 0.1) is 11.8 Å². The van der Waals surface area contributed by atoms with E-state index in [1.165, 1.54) is 0 Å². The smallest absolute Gasteiger partial charge is 0.246 e. The molecule has 1 aliphatic heterocycles. The fourth-order valence-corrected chi connectivity index (χ4v) is 2.87. The molecule has 2 amide bonds. The molecule has 1 heterocycles. The van der Waals surface area contributed by atoms with Crippen molar-refractivity contribution in [2.24, 2.45) is 11.8 Å². The SMILES string of the molecule is CCC(C)C1NC(=O)C(C)N(C(CC)C(C)C)C1=O. The predicted octanol–water partition coefficient (Wildman–Crippen LogP) is 2.18. The largest absolute Gasteiger partial charge is 0.342 e. The minimum atomic E-state index is -0.361. The van der Waals surface area contributed by atoms with Crippen LogP contribution in [0.3, 0.4) is 0 Å². The lowest BCUT2D eigenvalue weighted by Crippen LogP contribution is -2.66. The minimum absolute atomic E-state index is 0.0241. The monoisotopic (exact) mass is 268 g/mol. The zero-order chi connectivity index (χ0) is 14.7. The van der Waals surface area contributed by atoms with Crippen LogP contribution in [0.2, 0.25) is 0 Å². The van der Waals surface area contributed by atoms with Crippen LogP contribution in [-0.4, -0.2) is 34.8 Å². The van der Waals surface area contributed by atoms with E-state index in [0.717, 1.165) is 12.8 Å². The predicted molar refractivity (Wildman–Crippen MR) is 76.6 cm³/mol. The lowest BCUT2D eigenvalue weighted by atomic mass is 9.90. The Morgan fingerprint density at radius 3 is 2.16 bits per heavy atom. The van der Waals surface area contributed by atoms with Crippen LogP contribution in [0.15, 0.2) is 0 Å². The third-order valence-corrected chi connectivity index (χ3v) is 4.37. The van der Waals surface area contributed by atoms with Crippen molar-refractivity contribution in [1.82, 2.24) is 10.2 Å². The molecule has 0 radical (unpaired) electrons. The molecule has 0 aromatic heterocycles. The zero-order valence-corrected chi connectivity index (χ0v) is 13.1. The van der Waals surface area contributed by atoms with E-state index in [1.807, 2.05) is 25.7 Å². The van der Waals surface area contributed by atoms with Crippen LogP contribution in [0.4, 0.5) is 0 Å². The summed E-state index contributed by atoms with van der Waals surface area (Å²) in [5, 5.41) is 2.88. The van der Waals surface area contributed by atoms with Crippen molar-refractivity contribution < 1.29 is 9.59 Å². The molecule has 0 aromatic rings. The summed E-state index contributed by atoms with van der Waals surface area (Å²) in [5.74, 6) is 0.599. The van der Waals surface area contributed by atoms with E-state index in [0.29, 0.717) is 5.92 Å². The molecule has 1 saturated heterocycles. The zero-order valence-electron chi connectivity index (χ0n) is 13.1. The van der Waals surface area contributed by atoms with Gasteiger partial charge in [0.25, 0.3) is 0 Å². The van der Waals surface area contributed by atoms with Gasteiger partial charge in [0.15, 0.2) is 0 Å². The van der Waals surface area contributed by atoms with E-state index in [-0.39, 0.29) is 35.9 Å². The molecule has 0 aromatic carbocycles. The first-order valence-electron chi connectivity index (χ1n) is 7.47. The summed E-state index contributed by atoms with van der Waals surface area (Å²) in [4.78, 5) is 26.6. The first-order chi connectivity index (χ1) is 8.84. The van der Waals surface area contributed by atoms with Crippen LogP contribution >= 0.6 is 0 Å². The second-order valence-corrected chi connectivity index (χ2v) is 6.01. The Labute approximate surface area is 116 Å². The van der Waals surface area contributed by atoms with Crippen LogP contribution in [0.1, 0.15) is 54.4 Å². The van der Waals surface area contributed by atoms with E-state index in [9.17, 15) is 9.59 Å². The molecular weight excluding hydrogens is 240 g/mol. The van der Waals surface area contributed by atoms with Gasteiger partial charge in [0.05, 0.1) is 0 Å². The maximum atomic E-state index is 12.7. The molecule has 0 saturated carbocycles. The average Bonchev–Trinajstić information content (AvgIpc) is 2.37. The first kappa shape index (κ1) is 16.0. The van der Waals surface area contributed by atoms with Gasteiger partial charge < -0.3 is 10.2 Å². The van der Waals surface area contributed by atoms with Gasteiger partial charge in [-0.2, -0.15) is 0 Å². The fourth-order valence-electron chi connectivity index (χ4n) is 2.87. The molecule has 4 unspecified atom stereocenters. The molecule has 4 atom stereocenters. The number of hydrogen-bond donors (Lipinski definition) is 1. The van der Waals surface area contributed by atoms with Crippen molar-refractivity contribution in [2.45, 2.75) is 72.5 Å². The van der Waals surface area contributed by atoms with Gasteiger partial charge in [0.2, 0.25) is 11.8 Å². The van der Waals surface area contributed by atoms with Gasteiger partial charge in [-0.3, -0.25) is 9.59 Å². The van der Waals surface area contributed by atoms with Crippen LogP contribution in [0.25, 0.3) is 0 Å². The van der Waals surface area contributed by atoms with Gasteiger partial charge in [0, 0.05) is 6.04 Å². The Bertz CT molecular complexity index is 341. The molecule has 4 heteroatoms. The van der Waals surface area contributed by atoms with Crippen molar-refractivity contribution in [2.75, 3.05) is 0 Å². The summed E-state index contributed by atoms with van der Waals surface area (Å²) >= 11 is 0. The Kier molecular flexibility index (Phi) is 5.39. The first-order valence-corrected chi connectivity index (χ1v) is 7.47.